The van der Waals surface area contributed by atoms with Crippen molar-refractivity contribution in [2.75, 3.05) is 33.0 Å². The number of ether oxygens (including phenoxy) is 2. The Bertz CT molecular complexity index is 1280. The Morgan fingerprint density at radius 1 is 0.516 bits per heavy atom. The Hall–Kier alpha value is -2.62. The molecule has 0 aromatic heterocycles. The second-order valence-corrected chi connectivity index (χ2v) is 17.2. The first kappa shape index (κ1) is 59.4. The number of aliphatic hydroxyl groups excluding tert-OH is 2. The number of unbranched alkanes of at least 4 members (excludes halogenated alkanes) is 15. The van der Waals surface area contributed by atoms with E-state index in [0.29, 0.717) is 13.0 Å². The van der Waals surface area contributed by atoms with Crippen LogP contribution in [0, 0.1) is 0 Å². The van der Waals surface area contributed by atoms with Gasteiger partial charge in [0, 0.05) is 13.0 Å². The van der Waals surface area contributed by atoms with Crippen molar-refractivity contribution in [3.8, 4) is 0 Å². The second-order valence-electron chi connectivity index (χ2n) is 15.7. The van der Waals surface area contributed by atoms with Crippen molar-refractivity contribution in [2.24, 2.45) is 0 Å². The van der Waals surface area contributed by atoms with Gasteiger partial charge in [0.1, 0.15) is 12.2 Å². The lowest BCUT2D eigenvalue weighted by molar-refractivity contribution is -0.154. The molecule has 0 bridgehead atoms. The summed E-state index contributed by atoms with van der Waals surface area (Å²) in [5, 5.41) is 18.4. The SMILES string of the molecule is CC/C=C\C/C=C\C/C=C\C/C=C\C/C=C\CCCC(=O)OC(COCCCCCCCCCCC/C=C\C/C=C\C/C=C\CCCCCCC)COP(=O)(O)OCC(O)CO. The summed E-state index contributed by atoms with van der Waals surface area (Å²) in [5.74, 6) is -0.444. The van der Waals surface area contributed by atoms with E-state index in [1.807, 2.05) is 6.08 Å². The van der Waals surface area contributed by atoms with E-state index >= 15 is 0 Å². The van der Waals surface area contributed by atoms with Crippen LogP contribution in [0.1, 0.15) is 181 Å². The van der Waals surface area contributed by atoms with Gasteiger partial charge in [-0.15, -0.1) is 0 Å². The molecule has 3 N–H and O–H groups in total. The molecular weight excluding hydrogens is 800 g/mol. The normalized spacial score (nSPS) is 14.7. The Morgan fingerprint density at radius 2 is 0.919 bits per heavy atom. The number of aliphatic hydroxyl groups is 2. The molecule has 0 aliphatic heterocycles. The van der Waals surface area contributed by atoms with E-state index in [0.717, 1.165) is 77.0 Å². The number of rotatable bonds is 45. The fourth-order valence-electron chi connectivity index (χ4n) is 6.10. The summed E-state index contributed by atoms with van der Waals surface area (Å²) in [6.07, 6.45) is 60.9. The van der Waals surface area contributed by atoms with Crippen LogP contribution in [-0.2, 0) is 27.9 Å². The lowest BCUT2D eigenvalue weighted by Gasteiger charge is -2.20. The number of allylic oxidation sites excluding steroid dienone is 16. The Kier molecular flexibility index (Phi) is 45.8. The summed E-state index contributed by atoms with van der Waals surface area (Å²) in [5.41, 5.74) is 0. The Labute approximate surface area is 378 Å². The van der Waals surface area contributed by atoms with E-state index in [4.69, 9.17) is 23.6 Å². The molecule has 3 atom stereocenters. The van der Waals surface area contributed by atoms with Crippen LogP contribution >= 0.6 is 7.82 Å². The minimum atomic E-state index is -4.55. The van der Waals surface area contributed by atoms with Gasteiger partial charge in [0.15, 0.2) is 0 Å². The van der Waals surface area contributed by atoms with E-state index in [1.54, 1.807) is 0 Å². The number of phosphoric acid groups is 1. The molecule has 62 heavy (non-hydrogen) atoms. The van der Waals surface area contributed by atoms with Crippen LogP contribution in [0.2, 0.25) is 0 Å². The van der Waals surface area contributed by atoms with Crippen molar-refractivity contribution in [2.45, 2.75) is 193 Å². The molecule has 0 aromatic rings. The first-order chi connectivity index (χ1) is 30.3. The highest BCUT2D eigenvalue weighted by Crippen LogP contribution is 2.43. The van der Waals surface area contributed by atoms with Crippen LogP contribution in [0.4, 0.5) is 0 Å². The van der Waals surface area contributed by atoms with Gasteiger partial charge in [-0.2, -0.15) is 0 Å². The molecule has 0 aromatic carbocycles. The van der Waals surface area contributed by atoms with Crippen LogP contribution in [0.15, 0.2) is 97.2 Å². The van der Waals surface area contributed by atoms with Crippen LogP contribution < -0.4 is 0 Å². The summed E-state index contributed by atoms with van der Waals surface area (Å²) >= 11 is 0. The first-order valence-electron chi connectivity index (χ1n) is 24.2. The maximum atomic E-state index is 12.6. The van der Waals surface area contributed by atoms with Crippen LogP contribution in [0.5, 0.6) is 0 Å². The van der Waals surface area contributed by atoms with Gasteiger partial charge in [-0.25, -0.2) is 4.57 Å². The molecule has 356 valence electrons. The number of carbonyl (C=O) groups excluding carboxylic acids is 1. The second kappa shape index (κ2) is 47.8. The van der Waals surface area contributed by atoms with Gasteiger partial charge in [0.2, 0.25) is 0 Å². The predicted molar refractivity (Wildman–Crippen MR) is 260 cm³/mol. The third-order valence-corrected chi connectivity index (χ3v) is 10.7. The van der Waals surface area contributed by atoms with Crippen molar-refractivity contribution < 1.29 is 43.0 Å². The van der Waals surface area contributed by atoms with Gasteiger partial charge >= 0.3 is 13.8 Å². The molecule has 0 aliphatic carbocycles. The predicted octanol–water partition coefficient (Wildman–Crippen LogP) is 14.0. The molecule has 10 heteroatoms. The van der Waals surface area contributed by atoms with Gasteiger partial charge in [-0.05, 0) is 89.9 Å². The first-order valence-corrected chi connectivity index (χ1v) is 25.7. The van der Waals surface area contributed by atoms with E-state index in [2.05, 4.69) is 105 Å². The summed E-state index contributed by atoms with van der Waals surface area (Å²) in [6.45, 7) is 3.29. The fourth-order valence-corrected chi connectivity index (χ4v) is 6.89. The largest absolute Gasteiger partial charge is 0.472 e. The molecule has 0 rings (SSSR count). The van der Waals surface area contributed by atoms with Crippen molar-refractivity contribution >= 4 is 13.8 Å². The highest BCUT2D eigenvalue weighted by atomic mass is 31.2. The zero-order valence-corrected chi connectivity index (χ0v) is 39.9. The number of phosphoric ester groups is 1. The molecule has 0 aliphatic rings. The molecule has 0 spiro atoms. The monoisotopic (exact) mass is 889 g/mol. The third-order valence-electron chi connectivity index (χ3n) is 9.75. The summed E-state index contributed by atoms with van der Waals surface area (Å²) < 4.78 is 33.4. The number of carbonyl (C=O) groups is 1. The highest BCUT2D eigenvalue weighted by Gasteiger charge is 2.26. The molecule has 0 fully saturated rings. The van der Waals surface area contributed by atoms with Crippen molar-refractivity contribution in [3.05, 3.63) is 97.2 Å². The molecule has 9 nitrogen and oxygen atoms in total. The highest BCUT2D eigenvalue weighted by molar-refractivity contribution is 7.47. The molecule has 3 unspecified atom stereocenters. The van der Waals surface area contributed by atoms with Gasteiger partial charge in [0.05, 0.1) is 26.4 Å². The number of esters is 1. The zero-order valence-electron chi connectivity index (χ0n) is 39.1. The van der Waals surface area contributed by atoms with Crippen molar-refractivity contribution in [3.63, 3.8) is 0 Å². The maximum Gasteiger partial charge on any atom is 0.472 e. The van der Waals surface area contributed by atoms with Crippen LogP contribution in [0.25, 0.3) is 0 Å². The number of hydrogen-bond donors (Lipinski definition) is 3. The van der Waals surface area contributed by atoms with Gasteiger partial charge in [0.25, 0.3) is 0 Å². The molecule has 0 amide bonds. The quantitative estimate of drug-likeness (QED) is 0.0237. The van der Waals surface area contributed by atoms with Crippen LogP contribution in [0.3, 0.4) is 0 Å². The average molecular weight is 889 g/mol. The van der Waals surface area contributed by atoms with Crippen LogP contribution in [-0.4, -0.2) is 66.3 Å². The molecule has 0 saturated heterocycles. The molecule has 0 radical (unpaired) electrons. The topological polar surface area (TPSA) is 132 Å². The lowest BCUT2D eigenvalue weighted by Crippen LogP contribution is -2.29. The third kappa shape index (κ3) is 46.9. The van der Waals surface area contributed by atoms with Crippen molar-refractivity contribution in [1.82, 2.24) is 0 Å². The molecule has 0 saturated carbocycles. The standard InChI is InChI=1S/C52H89O9P/c1-3-5-7-9-11-13-15-17-19-21-22-23-24-25-26-27-29-31-33-35-37-39-41-43-45-58-48-51(49-60-62(56,57)59-47-50(54)46-53)61-52(55)44-42-40-38-36-34-32-30-28-20-18-16-14-12-10-8-6-4-2/h6,8,12,14-15,17-18,20-22,24-25,30,32,36,38,50-51,53-54H,3-5,7,9-11,13,16,19,23,26-29,31,33-35,37,39-49H2,1-2H3,(H,56,57)/b8-6-,14-12-,17-15-,20-18-,22-21-,25-24-,32-30-,38-36-. The zero-order chi connectivity index (χ0) is 45.3. The minimum Gasteiger partial charge on any atom is -0.457 e. The van der Waals surface area contributed by atoms with E-state index in [1.165, 1.54) is 77.0 Å². The Morgan fingerprint density at radius 3 is 1.39 bits per heavy atom. The maximum absolute atomic E-state index is 12.6. The average Bonchev–Trinajstić information content (AvgIpc) is 3.26. The molecular formula is C52H89O9P. The van der Waals surface area contributed by atoms with E-state index in [9.17, 15) is 19.4 Å². The smallest absolute Gasteiger partial charge is 0.457 e. The summed E-state index contributed by atoms with van der Waals surface area (Å²) in [6, 6.07) is 0. The van der Waals surface area contributed by atoms with Gasteiger partial charge in [-0.1, -0.05) is 182 Å². The fraction of sp³-hybridized carbons (Fsp3) is 0.673. The summed E-state index contributed by atoms with van der Waals surface area (Å²) in [4.78, 5) is 22.6. The van der Waals surface area contributed by atoms with Gasteiger partial charge < -0.3 is 24.6 Å². The van der Waals surface area contributed by atoms with Gasteiger partial charge in [-0.3, -0.25) is 13.8 Å². The molecule has 0 heterocycles. The summed E-state index contributed by atoms with van der Waals surface area (Å²) in [7, 11) is -4.55. The van der Waals surface area contributed by atoms with Crippen molar-refractivity contribution in [1.29, 1.82) is 0 Å². The lowest BCUT2D eigenvalue weighted by atomic mass is 10.1. The number of hydrogen-bond acceptors (Lipinski definition) is 8. The van der Waals surface area contributed by atoms with E-state index in [-0.39, 0.29) is 13.0 Å². The van der Waals surface area contributed by atoms with E-state index < -0.39 is 45.8 Å². The Balaban J connectivity index is 4.20. The minimum absolute atomic E-state index is 0.0165.